The number of anilines is 3. The molecular formula is C48H29N3. The van der Waals surface area contributed by atoms with Crippen molar-refractivity contribution in [3.63, 3.8) is 0 Å². The fourth-order valence-corrected chi connectivity index (χ4v) is 9.11. The summed E-state index contributed by atoms with van der Waals surface area (Å²) in [6.07, 6.45) is 0. The van der Waals surface area contributed by atoms with Gasteiger partial charge in [0.2, 0.25) is 0 Å². The highest BCUT2D eigenvalue weighted by Crippen LogP contribution is 2.51. The third-order valence-corrected chi connectivity index (χ3v) is 11.1. The van der Waals surface area contributed by atoms with Crippen LogP contribution in [0.2, 0.25) is 0 Å². The summed E-state index contributed by atoms with van der Waals surface area (Å²) >= 11 is 0. The van der Waals surface area contributed by atoms with E-state index in [9.17, 15) is 0 Å². The van der Waals surface area contributed by atoms with Crippen molar-refractivity contribution in [3.8, 4) is 11.1 Å². The molecule has 3 heteroatoms. The molecule has 0 aliphatic carbocycles. The van der Waals surface area contributed by atoms with Gasteiger partial charge in [0.05, 0.1) is 38.8 Å². The normalized spacial score (nSPS) is 12.3. The molecule has 0 spiro atoms. The van der Waals surface area contributed by atoms with Crippen LogP contribution in [0.25, 0.3) is 87.3 Å². The van der Waals surface area contributed by atoms with Gasteiger partial charge in [-0.1, -0.05) is 121 Å². The van der Waals surface area contributed by atoms with E-state index in [2.05, 4.69) is 190 Å². The molecule has 51 heavy (non-hydrogen) atoms. The minimum atomic E-state index is 1.14. The first-order valence-corrected chi connectivity index (χ1v) is 17.6. The van der Waals surface area contributed by atoms with Crippen LogP contribution in [0.3, 0.4) is 0 Å². The molecule has 236 valence electrons. The van der Waals surface area contributed by atoms with E-state index in [4.69, 9.17) is 0 Å². The third-order valence-electron chi connectivity index (χ3n) is 11.1. The summed E-state index contributed by atoms with van der Waals surface area (Å²) in [4.78, 5) is 2.41. The second-order valence-corrected chi connectivity index (χ2v) is 13.7. The third kappa shape index (κ3) is 3.47. The van der Waals surface area contributed by atoms with Crippen molar-refractivity contribution in [3.05, 3.63) is 176 Å². The summed E-state index contributed by atoms with van der Waals surface area (Å²) in [6.45, 7) is 0. The molecule has 8 aromatic carbocycles. The van der Waals surface area contributed by atoms with Crippen molar-refractivity contribution in [1.82, 2.24) is 8.80 Å². The molecule has 12 rings (SSSR count). The van der Waals surface area contributed by atoms with Gasteiger partial charge in [0.15, 0.2) is 0 Å². The van der Waals surface area contributed by atoms with Crippen LogP contribution in [0.15, 0.2) is 176 Å². The second kappa shape index (κ2) is 9.87. The van der Waals surface area contributed by atoms with E-state index in [0.717, 1.165) is 11.4 Å². The number of hydrogen-bond acceptors (Lipinski definition) is 1. The van der Waals surface area contributed by atoms with Crippen LogP contribution in [0.4, 0.5) is 17.1 Å². The molecule has 4 heterocycles. The smallest absolute Gasteiger partial charge is 0.0641 e. The maximum Gasteiger partial charge on any atom is 0.0641 e. The van der Waals surface area contributed by atoms with Gasteiger partial charge in [-0.2, -0.15) is 0 Å². The van der Waals surface area contributed by atoms with Crippen molar-refractivity contribution < 1.29 is 0 Å². The van der Waals surface area contributed by atoms with Crippen LogP contribution in [0.5, 0.6) is 0 Å². The predicted molar refractivity (Wildman–Crippen MR) is 216 cm³/mol. The van der Waals surface area contributed by atoms with Gasteiger partial charge in [0.1, 0.15) is 0 Å². The summed E-state index contributed by atoms with van der Waals surface area (Å²) in [5.41, 5.74) is 13.5. The largest absolute Gasteiger partial charge is 0.310 e. The molecule has 0 bridgehead atoms. The molecule has 0 fully saturated rings. The van der Waals surface area contributed by atoms with E-state index >= 15 is 0 Å². The quantitative estimate of drug-likeness (QED) is 0.185. The van der Waals surface area contributed by atoms with E-state index in [1.807, 2.05) is 0 Å². The van der Waals surface area contributed by atoms with Gasteiger partial charge in [0.25, 0.3) is 0 Å². The predicted octanol–water partition coefficient (Wildman–Crippen LogP) is 13.1. The molecular weight excluding hydrogens is 619 g/mol. The lowest BCUT2D eigenvalue weighted by molar-refractivity contribution is 1.30. The van der Waals surface area contributed by atoms with Gasteiger partial charge in [-0.25, -0.2) is 0 Å². The highest BCUT2D eigenvalue weighted by atomic mass is 15.1. The topological polar surface area (TPSA) is 12.1 Å². The van der Waals surface area contributed by atoms with Crippen LogP contribution in [-0.4, -0.2) is 8.80 Å². The molecule has 3 nitrogen and oxygen atoms in total. The Balaban J connectivity index is 1.27. The standard InChI is InChI=1S/C48H29N3/c1-4-14-30(15-5-1)31-24-25-34-38-29-43-44(46-36-21-11-13-23-40(36)50(48(38)46)42(34)28-31)37-26-27-41(45-35-20-10-12-22-39(35)51(43)47(37)45)49(32-16-6-2-7-17-32)33-18-8-3-9-19-33/h1-29H. The zero-order chi connectivity index (χ0) is 33.2. The Morgan fingerprint density at radius 1 is 0.314 bits per heavy atom. The van der Waals surface area contributed by atoms with E-state index in [1.165, 1.54) is 93.0 Å². The Labute approximate surface area is 293 Å². The molecule has 0 N–H and O–H groups in total. The molecule has 12 aromatic rings. The van der Waals surface area contributed by atoms with E-state index in [1.54, 1.807) is 0 Å². The van der Waals surface area contributed by atoms with Gasteiger partial charge < -0.3 is 13.7 Å². The maximum absolute atomic E-state index is 2.55. The number of fused-ring (bicyclic) bond motifs is 13. The lowest BCUT2D eigenvalue weighted by Crippen LogP contribution is -2.10. The first-order valence-electron chi connectivity index (χ1n) is 17.6. The van der Waals surface area contributed by atoms with Crippen molar-refractivity contribution in [2.75, 3.05) is 4.90 Å². The molecule has 0 aliphatic heterocycles. The summed E-state index contributed by atoms with van der Waals surface area (Å²) in [5.74, 6) is 0. The van der Waals surface area contributed by atoms with Crippen LogP contribution < -0.4 is 4.90 Å². The summed E-state index contributed by atoms with van der Waals surface area (Å²) in [7, 11) is 0. The van der Waals surface area contributed by atoms with Crippen molar-refractivity contribution in [2.24, 2.45) is 0 Å². The number of para-hydroxylation sites is 4. The molecule has 0 radical (unpaired) electrons. The maximum atomic E-state index is 2.55. The van der Waals surface area contributed by atoms with Gasteiger partial charge in [-0.3, -0.25) is 0 Å². The molecule has 0 unspecified atom stereocenters. The molecule has 0 aliphatic rings. The number of aromatic nitrogens is 2. The van der Waals surface area contributed by atoms with E-state index < -0.39 is 0 Å². The minimum Gasteiger partial charge on any atom is -0.310 e. The zero-order valence-electron chi connectivity index (χ0n) is 27.6. The average Bonchev–Trinajstić information content (AvgIpc) is 3.92. The minimum absolute atomic E-state index is 1.14. The highest BCUT2D eigenvalue weighted by Gasteiger charge is 2.28. The SMILES string of the molecule is c1ccc(-c2ccc3c4cc5c(c6ccc(N(c7ccccc7)c7ccccc7)c7c8ccccc8n5c67)c5c6ccccc6n(c3c2)c45)cc1. The molecule has 0 amide bonds. The Kier molecular flexibility index (Phi) is 5.23. The van der Waals surface area contributed by atoms with E-state index in [0.29, 0.717) is 0 Å². The van der Waals surface area contributed by atoms with Crippen molar-refractivity contribution in [1.29, 1.82) is 0 Å². The van der Waals surface area contributed by atoms with Gasteiger partial charge in [-0.05, 0) is 65.7 Å². The summed E-state index contributed by atoms with van der Waals surface area (Å²) in [6, 6.07) is 64.3. The summed E-state index contributed by atoms with van der Waals surface area (Å²) < 4.78 is 5.07. The Morgan fingerprint density at radius 2 is 0.863 bits per heavy atom. The lowest BCUT2D eigenvalue weighted by atomic mass is 9.99. The van der Waals surface area contributed by atoms with Gasteiger partial charge >= 0.3 is 0 Å². The fraction of sp³-hybridized carbons (Fsp3) is 0. The number of hydrogen-bond donors (Lipinski definition) is 0. The molecule has 0 saturated heterocycles. The molecule has 0 atom stereocenters. The molecule has 0 saturated carbocycles. The first-order chi connectivity index (χ1) is 25.3. The monoisotopic (exact) mass is 647 g/mol. The van der Waals surface area contributed by atoms with Gasteiger partial charge in [0, 0.05) is 54.5 Å². The van der Waals surface area contributed by atoms with Gasteiger partial charge in [-0.15, -0.1) is 0 Å². The van der Waals surface area contributed by atoms with Crippen molar-refractivity contribution >= 4 is 93.3 Å². The molecule has 4 aromatic heterocycles. The number of benzene rings is 8. The zero-order valence-corrected chi connectivity index (χ0v) is 27.6. The lowest BCUT2D eigenvalue weighted by Gasteiger charge is -2.26. The Hall–Kier alpha value is -6.84. The van der Waals surface area contributed by atoms with Crippen LogP contribution >= 0.6 is 0 Å². The first kappa shape index (κ1) is 27.0. The fourth-order valence-electron chi connectivity index (χ4n) is 9.11. The Bertz CT molecular complexity index is 3240. The Morgan fingerprint density at radius 3 is 1.55 bits per heavy atom. The second-order valence-electron chi connectivity index (χ2n) is 13.7. The van der Waals surface area contributed by atoms with Crippen LogP contribution in [0.1, 0.15) is 0 Å². The van der Waals surface area contributed by atoms with E-state index in [-0.39, 0.29) is 0 Å². The average molecular weight is 648 g/mol. The van der Waals surface area contributed by atoms with Crippen LogP contribution in [-0.2, 0) is 0 Å². The van der Waals surface area contributed by atoms with Crippen molar-refractivity contribution in [2.45, 2.75) is 0 Å². The summed E-state index contributed by atoms with van der Waals surface area (Å²) in [5, 5.41) is 10.4. The highest BCUT2D eigenvalue weighted by molar-refractivity contribution is 6.38. The van der Waals surface area contributed by atoms with Crippen LogP contribution in [0, 0.1) is 0 Å². The number of rotatable bonds is 4. The number of nitrogens with zero attached hydrogens (tertiary/aromatic N) is 3.